The molecule has 1 aromatic carbocycles. The lowest BCUT2D eigenvalue weighted by atomic mass is 10.1. The van der Waals surface area contributed by atoms with E-state index in [0.717, 1.165) is 22.7 Å². The molecule has 2 aliphatic heterocycles. The Morgan fingerprint density at radius 3 is 2.89 bits per heavy atom. The van der Waals surface area contributed by atoms with Gasteiger partial charge in [-0.1, -0.05) is 48.5 Å². The molecule has 0 aliphatic carbocycles. The highest BCUT2D eigenvalue weighted by Crippen LogP contribution is 2.28. The van der Waals surface area contributed by atoms with Crippen molar-refractivity contribution in [1.82, 2.24) is 5.32 Å². The summed E-state index contributed by atoms with van der Waals surface area (Å²) < 4.78 is 0. The summed E-state index contributed by atoms with van der Waals surface area (Å²) in [6.07, 6.45) is 4.12. The molecule has 0 saturated carbocycles. The molecule has 2 saturated heterocycles. The number of amidine groups is 1. The highest BCUT2D eigenvalue weighted by atomic mass is 32.2. The fraction of sp³-hybridized carbons (Fsp3) is 0.533. The summed E-state index contributed by atoms with van der Waals surface area (Å²) in [6, 6.07) is 11.1. The van der Waals surface area contributed by atoms with Gasteiger partial charge in [0.05, 0.1) is 12.6 Å². The fourth-order valence-corrected chi connectivity index (χ4v) is 4.70. The number of benzene rings is 1. The Bertz CT molecular complexity index is 427. The van der Waals surface area contributed by atoms with E-state index < -0.39 is 0 Å². The van der Waals surface area contributed by atoms with E-state index in [1.807, 2.05) is 11.8 Å². The van der Waals surface area contributed by atoms with E-state index >= 15 is 0 Å². The van der Waals surface area contributed by atoms with Crippen LogP contribution in [0.2, 0.25) is 0 Å². The van der Waals surface area contributed by atoms with Gasteiger partial charge < -0.3 is 5.32 Å². The molecule has 0 bridgehead atoms. The van der Waals surface area contributed by atoms with Crippen molar-refractivity contribution in [1.29, 1.82) is 0 Å². The van der Waals surface area contributed by atoms with Crippen LogP contribution < -0.4 is 5.32 Å². The van der Waals surface area contributed by atoms with Gasteiger partial charge in [0.1, 0.15) is 0 Å². The topological polar surface area (TPSA) is 24.4 Å². The van der Waals surface area contributed by atoms with Crippen molar-refractivity contribution in [2.45, 2.75) is 30.6 Å². The van der Waals surface area contributed by atoms with E-state index in [4.69, 9.17) is 4.99 Å². The van der Waals surface area contributed by atoms with Crippen LogP contribution in [0.25, 0.3) is 0 Å². The number of nitrogens with one attached hydrogen (secondary N) is 1. The lowest BCUT2D eigenvalue weighted by Gasteiger charge is -2.19. The predicted molar refractivity (Wildman–Crippen MR) is 87.2 cm³/mol. The SMILES string of the molecule is c1ccc(C2CSC(=NCC3CCCCS3)N2)cc1. The summed E-state index contributed by atoms with van der Waals surface area (Å²) in [7, 11) is 0. The average Bonchev–Trinajstić information content (AvgIpc) is 2.96. The van der Waals surface area contributed by atoms with Gasteiger partial charge in [-0.25, -0.2) is 0 Å². The minimum absolute atomic E-state index is 0.434. The summed E-state index contributed by atoms with van der Waals surface area (Å²) in [6.45, 7) is 0.988. The molecule has 0 amide bonds. The molecule has 2 fully saturated rings. The van der Waals surface area contributed by atoms with E-state index in [1.54, 1.807) is 0 Å². The van der Waals surface area contributed by atoms with Gasteiger partial charge in [-0.15, -0.1) is 0 Å². The molecule has 1 aromatic rings. The number of rotatable bonds is 3. The zero-order valence-corrected chi connectivity index (χ0v) is 12.7. The Labute approximate surface area is 123 Å². The second kappa shape index (κ2) is 6.71. The first kappa shape index (κ1) is 13.4. The van der Waals surface area contributed by atoms with Crippen molar-refractivity contribution >= 4 is 28.7 Å². The monoisotopic (exact) mass is 292 g/mol. The van der Waals surface area contributed by atoms with Crippen molar-refractivity contribution in [3.05, 3.63) is 35.9 Å². The quantitative estimate of drug-likeness (QED) is 0.919. The molecule has 102 valence electrons. The standard InChI is InChI=1S/C15H20N2S2/c1-2-6-12(7-3-1)14-11-19-15(17-14)16-10-13-8-4-5-9-18-13/h1-3,6-7,13-14H,4-5,8-11H2,(H,16,17). The van der Waals surface area contributed by atoms with Gasteiger partial charge in [0.2, 0.25) is 0 Å². The van der Waals surface area contributed by atoms with Crippen LogP contribution in [0.3, 0.4) is 0 Å². The van der Waals surface area contributed by atoms with Crippen LogP contribution in [0.5, 0.6) is 0 Å². The first-order valence-corrected chi connectivity index (χ1v) is 9.05. The molecule has 1 N–H and O–H groups in total. The Balaban J connectivity index is 1.53. The smallest absolute Gasteiger partial charge is 0.157 e. The second-order valence-electron chi connectivity index (χ2n) is 5.05. The van der Waals surface area contributed by atoms with Crippen molar-refractivity contribution in [2.75, 3.05) is 18.1 Å². The maximum Gasteiger partial charge on any atom is 0.157 e. The van der Waals surface area contributed by atoms with Crippen LogP contribution in [0.4, 0.5) is 0 Å². The second-order valence-corrected chi connectivity index (χ2v) is 7.47. The lowest BCUT2D eigenvalue weighted by molar-refractivity contribution is 0.666. The van der Waals surface area contributed by atoms with Crippen molar-refractivity contribution < 1.29 is 0 Å². The Hall–Kier alpha value is -0.610. The van der Waals surface area contributed by atoms with E-state index in [9.17, 15) is 0 Å². The molecular formula is C15H20N2S2. The number of thioether (sulfide) groups is 2. The van der Waals surface area contributed by atoms with E-state index in [-0.39, 0.29) is 0 Å². The zero-order valence-electron chi connectivity index (χ0n) is 11.0. The predicted octanol–water partition coefficient (Wildman–Crippen LogP) is 3.71. The molecule has 0 spiro atoms. The molecular weight excluding hydrogens is 272 g/mol. The van der Waals surface area contributed by atoms with E-state index in [0.29, 0.717) is 6.04 Å². The van der Waals surface area contributed by atoms with Gasteiger partial charge in [0.25, 0.3) is 0 Å². The van der Waals surface area contributed by atoms with Gasteiger partial charge in [0, 0.05) is 11.0 Å². The molecule has 2 unspecified atom stereocenters. The van der Waals surface area contributed by atoms with Crippen LogP contribution in [0.15, 0.2) is 35.3 Å². The molecule has 2 aliphatic rings. The fourth-order valence-electron chi connectivity index (χ4n) is 2.49. The first-order chi connectivity index (χ1) is 9.42. The van der Waals surface area contributed by atoms with Crippen LogP contribution in [-0.4, -0.2) is 28.5 Å². The molecule has 19 heavy (non-hydrogen) atoms. The summed E-state index contributed by atoms with van der Waals surface area (Å²) >= 11 is 3.96. The van der Waals surface area contributed by atoms with Gasteiger partial charge in [-0.3, -0.25) is 4.99 Å². The normalized spacial score (nSPS) is 29.4. The zero-order chi connectivity index (χ0) is 12.9. The number of hydrogen-bond donors (Lipinski definition) is 1. The molecule has 0 aromatic heterocycles. The molecule has 2 nitrogen and oxygen atoms in total. The summed E-state index contributed by atoms with van der Waals surface area (Å²) in [5.74, 6) is 2.42. The van der Waals surface area contributed by atoms with Crippen LogP contribution in [0, 0.1) is 0 Å². The highest BCUT2D eigenvalue weighted by molar-refractivity contribution is 8.14. The van der Waals surface area contributed by atoms with Crippen LogP contribution in [0.1, 0.15) is 30.9 Å². The number of nitrogens with zero attached hydrogens (tertiary/aromatic N) is 1. The van der Waals surface area contributed by atoms with Crippen LogP contribution in [-0.2, 0) is 0 Å². The Morgan fingerprint density at radius 2 is 2.11 bits per heavy atom. The molecule has 2 atom stereocenters. The average molecular weight is 292 g/mol. The van der Waals surface area contributed by atoms with E-state index in [2.05, 4.69) is 47.4 Å². The minimum Gasteiger partial charge on any atom is -0.357 e. The maximum absolute atomic E-state index is 4.77. The van der Waals surface area contributed by atoms with Crippen molar-refractivity contribution in [3.63, 3.8) is 0 Å². The third-order valence-electron chi connectivity index (χ3n) is 3.60. The van der Waals surface area contributed by atoms with Gasteiger partial charge in [0.15, 0.2) is 5.17 Å². The van der Waals surface area contributed by atoms with Gasteiger partial charge in [-0.2, -0.15) is 11.8 Å². The van der Waals surface area contributed by atoms with Gasteiger partial charge >= 0.3 is 0 Å². The first-order valence-electron chi connectivity index (χ1n) is 7.02. The van der Waals surface area contributed by atoms with Crippen LogP contribution >= 0.6 is 23.5 Å². The molecule has 0 radical (unpaired) electrons. The summed E-state index contributed by atoms with van der Waals surface area (Å²) in [5.41, 5.74) is 1.37. The highest BCUT2D eigenvalue weighted by Gasteiger charge is 2.22. The van der Waals surface area contributed by atoms with Crippen molar-refractivity contribution in [3.8, 4) is 0 Å². The molecule has 2 heterocycles. The largest absolute Gasteiger partial charge is 0.357 e. The number of hydrogen-bond acceptors (Lipinski definition) is 3. The third kappa shape index (κ3) is 3.69. The third-order valence-corrected chi connectivity index (χ3v) is 6.00. The lowest BCUT2D eigenvalue weighted by Crippen LogP contribution is -2.21. The molecule has 3 rings (SSSR count). The summed E-state index contributed by atoms with van der Waals surface area (Å²) in [4.78, 5) is 4.77. The van der Waals surface area contributed by atoms with Crippen molar-refractivity contribution in [2.24, 2.45) is 4.99 Å². The Morgan fingerprint density at radius 1 is 1.21 bits per heavy atom. The molecule has 4 heteroatoms. The van der Waals surface area contributed by atoms with E-state index in [1.165, 1.54) is 30.6 Å². The number of aliphatic imine (C=N–C) groups is 1. The summed E-state index contributed by atoms with van der Waals surface area (Å²) in [5, 5.41) is 5.44. The Kier molecular flexibility index (Phi) is 4.72. The van der Waals surface area contributed by atoms with Gasteiger partial charge in [-0.05, 0) is 24.2 Å². The minimum atomic E-state index is 0.434. The maximum atomic E-state index is 4.77.